The smallest absolute Gasteiger partial charge is 0.326 e. The number of carboxylic acid groups (broad SMARTS) is 2. The van der Waals surface area contributed by atoms with Crippen molar-refractivity contribution in [1.82, 2.24) is 0 Å². The second kappa shape index (κ2) is 24.9. The van der Waals surface area contributed by atoms with Crippen molar-refractivity contribution in [3.05, 3.63) is 251 Å². The number of carbonyl (C=O) groups is 4. The molecular formula is C60H48N2O8. The number of nitrogens with one attached hydrogen (secondary N) is 2. The fourth-order valence-corrected chi connectivity index (χ4v) is 7.18. The van der Waals surface area contributed by atoms with Gasteiger partial charge in [-0.05, 0) is 108 Å². The highest BCUT2D eigenvalue weighted by atomic mass is 16.5. The number of rotatable bonds is 20. The summed E-state index contributed by atoms with van der Waals surface area (Å²) in [4.78, 5) is 50.8. The average molecular weight is 925 g/mol. The zero-order valence-electron chi connectivity index (χ0n) is 38.0. The number of benzene rings is 7. The predicted molar refractivity (Wildman–Crippen MR) is 272 cm³/mol. The lowest BCUT2D eigenvalue weighted by Gasteiger charge is -2.18. The Bertz CT molecular complexity index is 2880. The van der Waals surface area contributed by atoms with Crippen molar-refractivity contribution in [2.45, 2.75) is 24.9 Å². The van der Waals surface area contributed by atoms with Crippen LogP contribution in [0.3, 0.4) is 0 Å². The van der Waals surface area contributed by atoms with E-state index in [0.717, 1.165) is 22.3 Å². The molecule has 4 N–H and O–H groups in total. The number of anilines is 2. The van der Waals surface area contributed by atoms with Crippen LogP contribution in [0.1, 0.15) is 54.1 Å². The van der Waals surface area contributed by atoms with Gasteiger partial charge in [0.2, 0.25) is 0 Å². The molecule has 0 unspecified atom stereocenters. The van der Waals surface area contributed by atoms with Crippen LogP contribution in [-0.2, 0) is 22.4 Å². The van der Waals surface area contributed by atoms with Gasteiger partial charge < -0.3 is 30.3 Å². The molecule has 7 aromatic carbocycles. The summed E-state index contributed by atoms with van der Waals surface area (Å²) < 4.78 is 11.6. The molecule has 0 aliphatic heterocycles. The van der Waals surface area contributed by atoms with Gasteiger partial charge in [0, 0.05) is 57.6 Å². The van der Waals surface area contributed by atoms with Gasteiger partial charge in [-0.15, -0.1) is 0 Å². The highest BCUT2D eigenvalue weighted by molar-refractivity contribution is 6.13. The summed E-state index contributed by atoms with van der Waals surface area (Å²) in [6.45, 7) is 0.591. The molecule has 346 valence electrons. The second-order valence-electron chi connectivity index (χ2n) is 15.8. The maximum atomic E-state index is 13.2. The number of para-hydroxylation sites is 2. The van der Waals surface area contributed by atoms with Crippen molar-refractivity contribution in [2.24, 2.45) is 0 Å². The minimum atomic E-state index is -1.03. The molecule has 0 aromatic heterocycles. The van der Waals surface area contributed by atoms with Crippen LogP contribution in [0, 0.1) is 23.7 Å². The first kappa shape index (κ1) is 48.6. The highest BCUT2D eigenvalue weighted by Crippen LogP contribution is 2.24. The Morgan fingerprint density at radius 1 is 0.457 bits per heavy atom. The van der Waals surface area contributed by atoms with E-state index in [1.165, 1.54) is 0 Å². The zero-order valence-corrected chi connectivity index (χ0v) is 38.0. The molecule has 0 aliphatic carbocycles. The summed E-state index contributed by atoms with van der Waals surface area (Å²) >= 11 is 0. The molecule has 0 heterocycles. The van der Waals surface area contributed by atoms with Crippen LogP contribution in [0.4, 0.5) is 11.4 Å². The van der Waals surface area contributed by atoms with Gasteiger partial charge in [-0.1, -0.05) is 133 Å². The molecule has 7 rings (SSSR count). The van der Waals surface area contributed by atoms with Crippen molar-refractivity contribution >= 4 is 34.9 Å². The summed E-state index contributed by atoms with van der Waals surface area (Å²) in [6, 6.07) is 51.7. The average Bonchev–Trinajstić information content (AvgIpc) is 3.39. The van der Waals surface area contributed by atoms with E-state index in [-0.39, 0.29) is 24.4 Å². The van der Waals surface area contributed by atoms with Gasteiger partial charge in [0.1, 0.15) is 36.8 Å². The first-order chi connectivity index (χ1) is 34.2. The van der Waals surface area contributed by atoms with Crippen LogP contribution in [0.15, 0.2) is 206 Å². The Morgan fingerprint density at radius 3 is 1.19 bits per heavy atom. The lowest BCUT2D eigenvalue weighted by molar-refractivity contribution is -0.138. The molecule has 2 atom stereocenters. The first-order valence-electron chi connectivity index (χ1n) is 22.4. The van der Waals surface area contributed by atoms with Crippen LogP contribution in [-0.4, -0.2) is 59.0 Å². The largest absolute Gasteiger partial charge is 0.490 e. The topological polar surface area (TPSA) is 151 Å². The van der Waals surface area contributed by atoms with E-state index in [0.29, 0.717) is 58.3 Å². The van der Waals surface area contributed by atoms with Crippen LogP contribution in [0.2, 0.25) is 0 Å². The maximum Gasteiger partial charge on any atom is 0.326 e. The van der Waals surface area contributed by atoms with Gasteiger partial charge in [-0.2, -0.15) is 0 Å². The number of carbonyl (C=O) groups excluding carboxylic acids is 2. The van der Waals surface area contributed by atoms with Crippen molar-refractivity contribution in [3.8, 4) is 35.2 Å². The molecule has 7 aromatic rings. The summed E-state index contributed by atoms with van der Waals surface area (Å²) in [6.07, 6.45) is 7.44. The molecule has 0 saturated heterocycles. The summed E-state index contributed by atoms with van der Waals surface area (Å²) in [5.74, 6) is 11.0. The third kappa shape index (κ3) is 14.3. The van der Waals surface area contributed by atoms with Crippen molar-refractivity contribution in [1.29, 1.82) is 0 Å². The fraction of sp³-hybridized carbons (Fsp3) is 0.100. The Morgan fingerprint density at radius 2 is 0.814 bits per heavy atom. The third-order valence-electron chi connectivity index (χ3n) is 10.8. The number of ether oxygens (including phenoxy) is 2. The zero-order chi connectivity index (χ0) is 48.9. The van der Waals surface area contributed by atoms with E-state index in [9.17, 15) is 29.4 Å². The molecule has 0 amide bonds. The van der Waals surface area contributed by atoms with Crippen LogP contribution < -0.4 is 20.1 Å². The second-order valence-corrected chi connectivity index (χ2v) is 15.8. The Hall–Kier alpha value is -9.38. The van der Waals surface area contributed by atoms with E-state index < -0.39 is 24.0 Å². The van der Waals surface area contributed by atoms with E-state index in [2.05, 4.69) is 34.3 Å². The van der Waals surface area contributed by atoms with Gasteiger partial charge in [0.25, 0.3) is 0 Å². The quantitative estimate of drug-likeness (QED) is 0.0430. The Balaban J connectivity index is 0.810. The van der Waals surface area contributed by atoms with E-state index >= 15 is 0 Å². The normalized spacial score (nSPS) is 11.5. The molecule has 0 radical (unpaired) electrons. The van der Waals surface area contributed by atoms with Crippen molar-refractivity contribution < 1.29 is 38.9 Å². The molecule has 0 bridgehead atoms. The minimum absolute atomic E-state index is 0.190. The highest BCUT2D eigenvalue weighted by Gasteiger charge is 2.23. The molecule has 0 aliphatic rings. The Labute approximate surface area is 407 Å². The number of allylic oxidation sites excluding steroid dienone is 2. The number of hydrogen-bond acceptors (Lipinski definition) is 8. The Kier molecular flexibility index (Phi) is 17.3. The van der Waals surface area contributed by atoms with Crippen LogP contribution in [0.25, 0.3) is 0 Å². The summed E-state index contributed by atoms with van der Waals surface area (Å²) in [5, 5.41) is 26.1. The lowest BCUT2D eigenvalue weighted by Crippen LogP contribution is -2.32. The lowest BCUT2D eigenvalue weighted by atomic mass is 10.00. The molecule has 10 nitrogen and oxygen atoms in total. The van der Waals surface area contributed by atoms with Gasteiger partial charge in [0.05, 0.1) is 0 Å². The van der Waals surface area contributed by atoms with Gasteiger partial charge in [-0.25, -0.2) is 9.59 Å². The first-order valence-corrected chi connectivity index (χ1v) is 22.4. The minimum Gasteiger partial charge on any atom is -0.490 e. The summed E-state index contributed by atoms with van der Waals surface area (Å²) in [7, 11) is 0. The van der Waals surface area contributed by atoms with Crippen LogP contribution >= 0.6 is 0 Å². The van der Waals surface area contributed by atoms with Gasteiger partial charge in [-0.3, -0.25) is 9.59 Å². The predicted octanol–water partition coefficient (Wildman–Crippen LogP) is 10.3. The maximum absolute atomic E-state index is 13.2. The number of carboxylic acids is 2. The van der Waals surface area contributed by atoms with E-state index in [1.807, 2.05) is 60.7 Å². The molecule has 0 saturated carbocycles. The molecule has 70 heavy (non-hydrogen) atoms. The van der Waals surface area contributed by atoms with Gasteiger partial charge >= 0.3 is 11.9 Å². The number of ketones is 2. The third-order valence-corrected chi connectivity index (χ3v) is 10.8. The standard InChI is InChI=1S/C60H48N2O8/c63-57(47-19-7-1-8-20-47)51-23-11-13-25-53(51)61-55(59(65)66)41-45-31-35-49(36-32-45)69-39-15-3-5-17-43-27-29-44(30-28-43)18-6-4-16-40-70-50-37-33-46(34-38-50)42-56(60(67)68)62-54-26-14-12-24-52(54)58(64)48-21-9-2-10-22-48/h1-4,7-16,19-38,55-56,61-62H,39-42H2,(H,65,66)(H,67,68)/t55-,56-/m0/s1. The van der Waals surface area contributed by atoms with Crippen molar-refractivity contribution in [2.75, 3.05) is 23.8 Å². The number of aliphatic carboxylic acids is 2. The van der Waals surface area contributed by atoms with Crippen LogP contribution in [0.5, 0.6) is 11.5 Å². The van der Waals surface area contributed by atoms with Gasteiger partial charge in [0.15, 0.2) is 11.6 Å². The molecule has 0 fully saturated rings. The molecular weight excluding hydrogens is 877 g/mol. The number of hydrogen-bond donors (Lipinski definition) is 4. The molecule has 0 spiro atoms. The summed E-state index contributed by atoms with van der Waals surface area (Å²) in [5.41, 5.74) is 6.01. The fourth-order valence-electron chi connectivity index (χ4n) is 7.18. The molecule has 10 heteroatoms. The van der Waals surface area contributed by atoms with E-state index in [4.69, 9.17) is 9.47 Å². The van der Waals surface area contributed by atoms with E-state index in [1.54, 1.807) is 146 Å². The monoisotopic (exact) mass is 924 g/mol. The van der Waals surface area contributed by atoms with Crippen molar-refractivity contribution in [3.63, 3.8) is 0 Å². The SMILES string of the molecule is O=C(c1ccccc1)c1ccccc1N[C@@H](Cc1ccc(OCC=CC#Cc2ccc(C#CC=CCOc3ccc(C[C@H](Nc4ccccc4C(=O)c4ccccc4)C(=O)O)cc3)cc2)cc1)C(=O)O.